The molecule has 0 aromatic carbocycles. The predicted molar refractivity (Wildman–Crippen MR) is 611 cm³/mol. The van der Waals surface area contributed by atoms with Gasteiger partial charge in [0, 0.05) is 176 Å². The van der Waals surface area contributed by atoms with Gasteiger partial charge in [-0.3, -0.25) is 4.90 Å². The second kappa shape index (κ2) is 68.3. The summed E-state index contributed by atoms with van der Waals surface area (Å²) in [6.07, 6.45) is 67.5. The van der Waals surface area contributed by atoms with Crippen molar-refractivity contribution in [2.75, 3.05) is 249 Å². The Kier molecular flexibility index (Phi) is 61.6. The Bertz CT molecular complexity index is 2740. The molecule has 0 bridgehead atoms. The van der Waals surface area contributed by atoms with E-state index in [0.29, 0.717) is 32.6 Å². The van der Waals surface area contributed by atoms with Crippen LogP contribution in [0.4, 0.5) is 0 Å². The number of rotatable bonds is 28. The standard InChI is InChI=1S/2C17H33N.C16H32N2.2C15H30N2.C15H29N.2C13H26N2.2C2H6/c2*1-17(2,3)11-9-16-10-12-18(14-16)13-15-7-5-4-6-8-15;1-16(2,3)8-12-18-13-15(14-18)7-11-17-9-5-4-6-10-17;1-15(2,3)7-10-17-12-14(13-17)11-16-8-5-4-6-9-16;1-15(2,3)17-11-9-16(10-12-17)13-14-7-5-4-6-8-14;1-15(2,3)9-10-16-11-14(12-16)13-7-5-4-6-8-13;2*1-2-14-8-10-15(11-9-14)12-13-6-4-3-5-7-13;2*1-2/h2*15-16H,4-14H2,1-3H3;15H,4-14H2,1-3H3;2*14H,4-13H2,1-3H3;13-14H,4-12H2,1-3H3;2*13H,2-12H2,1H3;2*1-2H3/t2*16-;;;;;;;;/m10......../s1. The molecule has 10 saturated heterocycles. The lowest BCUT2D eigenvalue weighted by molar-refractivity contribution is 0.0352. The SMILES string of the molecule is CC.CC.CC(C)(C)CCN1CC(C2CCCCC2)C1.CC(C)(C)CCN1CC(CCN2CCCCC2)C1.CC(C)(C)CCN1CC(CN2CCCCC2)C1.CC(C)(C)CC[C@@H]1CCN(CC2CCCCC2)C1.CC(C)(C)CC[C@H]1CCN(CC2CCCCC2)C1.CC(C)(C)N1CCN(CC2CCCCC2)CC1.CCN1CCN(CC2CCCCC2)CC1.CCN1CCN(CC2CCCCC2)CC1. The highest BCUT2D eigenvalue weighted by molar-refractivity contribution is 4.91. The molecule has 6 aliphatic carbocycles. The summed E-state index contributed by atoms with van der Waals surface area (Å²) in [4.78, 5) is 34.7. The van der Waals surface area contributed by atoms with E-state index in [9.17, 15) is 0 Å². The van der Waals surface area contributed by atoms with Crippen molar-refractivity contribution >= 4 is 0 Å². The van der Waals surface area contributed by atoms with Gasteiger partial charge in [0.1, 0.15) is 0 Å². The zero-order valence-corrected chi connectivity index (χ0v) is 98.6. The molecule has 10 aliphatic heterocycles. The maximum absolute atomic E-state index is 2.77. The third-order valence-corrected chi connectivity index (χ3v) is 35.9. The Morgan fingerprint density at radius 1 is 0.174 bits per heavy atom. The quantitative estimate of drug-likeness (QED) is 0.0748. The molecule has 0 aromatic heterocycles. The number of likely N-dealkylation sites (tertiary alicyclic amines) is 7. The van der Waals surface area contributed by atoms with Crippen molar-refractivity contribution in [3.8, 4) is 0 Å². The van der Waals surface area contributed by atoms with E-state index in [4.69, 9.17) is 0 Å². The molecule has 13 nitrogen and oxygen atoms in total. The first-order valence-corrected chi connectivity index (χ1v) is 62.4. The normalized spacial score (nSPS) is 25.7. The van der Waals surface area contributed by atoms with Crippen molar-refractivity contribution < 1.29 is 0 Å². The fourth-order valence-electron chi connectivity index (χ4n) is 26.0. The van der Waals surface area contributed by atoms with Crippen LogP contribution >= 0.6 is 0 Å². The maximum Gasteiger partial charge on any atom is 0.0126 e. The van der Waals surface area contributed by atoms with E-state index in [1.807, 2.05) is 27.7 Å². The molecule has 0 N–H and O–H groups in total. The summed E-state index contributed by atoms with van der Waals surface area (Å²) in [7, 11) is 0. The monoisotopic (exact) mass is 1940 g/mol. The van der Waals surface area contributed by atoms with Crippen LogP contribution in [0.5, 0.6) is 0 Å². The molecule has 6 saturated carbocycles. The van der Waals surface area contributed by atoms with Gasteiger partial charge in [0.15, 0.2) is 0 Å². The minimum atomic E-state index is 0.358. The van der Waals surface area contributed by atoms with Crippen LogP contribution in [0.1, 0.15) is 462 Å². The first kappa shape index (κ1) is 124. The Morgan fingerprint density at radius 2 is 0.420 bits per heavy atom. The zero-order valence-electron chi connectivity index (χ0n) is 98.6. The second-order valence-electron chi connectivity index (χ2n) is 55.6. The molecule has 816 valence electrons. The Hall–Kier alpha value is -0.520. The summed E-state index contributed by atoms with van der Waals surface area (Å²) < 4.78 is 0. The first-order chi connectivity index (χ1) is 66.0. The molecule has 0 aromatic rings. The van der Waals surface area contributed by atoms with Crippen molar-refractivity contribution in [1.29, 1.82) is 0 Å². The molecular weight excluding hydrogens is 1680 g/mol. The predicted octanol–water partition coefficient (Wildman–Crippen LogP) is 28.9. The number of piperazine rings is 3. The lowest BCUT2D eigenvalue weighted by Gasteiger charge is -2.45. The van der Waals surface area contributed by atoms with E-state index in [0.717, 1.165) is 65.1 Å². The number of likely N-dealkylation sites (N-methyl/N-ethyl adjacent to an activating group) is 2. The molecule has 0 unspecified atom stereocenters. The van der Waals surface area contributed by atoms with Crippen LogP contribution in [0, 0.1) is 92.2 Å². The number of hydrogen-bond acceptors (Lipinski definition) is 13. The lowest BCUT2D eigenvalue weighted by Crippen LogP contribution is -2.54. The molecule has 2 atom stereocenters. The average molecular weight is 1940 g/mol. The number of piperidine rings is 2. The molecule has 16 aliphatic rings. The van der Waals surface area contributed by atoms with Gasteiger partial charge in [-0.25, -0.2) is 0 Å². The van der Waals surface area contributed by atoms with Crippen molar-refractivity contribution in [2.24, 2.45) is 92.2 Å². The van der Waals surface area contributed by atoms with E-state index in [1.54, 1.807) is 0 Å². The van der Waals surface area contributed by atoms with Crippen molar-refractivity contribution in [2.45, 2.75) is 467 Å². The molecule has 16 fully saturated rings. The largest absolute Gasteiger partial charge is 0.303 e. The summed E-state index contributed by atoms with van der Waals surface area (Å²) >= 11 is 0. The van der Waals surface area contributed by atoms with Crippen molar-refractivity contribution in [3.05, 3.63) is 0 Å². The molecule has 10 heterocycles. The third kappa shape index (κ3) is 56.4. The van der Waals surface area contributed by atoms with Gasteiger partial charge in [-0.15, -0.1) is 0 Å². The highest BCUT2D eigenvalue weighted by Gasteiger charge is 2.37. The summed E-state index contributed by atoms with van der Waals surface area (Å²) in [6.45, 7) is 106. The van der Waals surface area contributed by atoms with Crippen LogP contribution in [-0.2, 0) is 0 Å². The molecule has 16 rings (SSSR count). The van der Waals surface area contributed by atoms with E-state index >= 15 is 0 Å². The summed E-state index contributed by atoms with van der Waals surface area (Å²) in [6, 6.07) is 0. The minimum absolute atomic E-state index is 0.358. The number of hydrogen-bond donors (Lipinski definition) is 0. The smallest absolute Gasteiger partial charge is 0.0126 e. The Balaban J connectivity index is 0.000000214. The Labute approximate surface area is 866 Å². The van der Waals surface area contributed by atoms with Gasteiger partial charge < -0.3 is 58.8 Å². The third-order valence-electron chi connectivity index (χ3n) is 35.9. The molecule has 0 spiro atoms. The maximum atomic E-state index is 2.77. The van der Waals surface area contributed by atoms with Gasteiger partial charge in [0.05, 0.1) is 0 Å². The van der Waals surface area contributed by atoms with E-state index in [-0.39, 0.29) is 0 Å². The van der Waals surface area contributed by atoms with Crippen LogP contribution in [0.25, 0.3) is 0 Å². The van der Waals surface area contributed by atoms with Gasteiger partial charge in [-0.05, 0) is 346 Å². The lowest BCUT2D eigenvalue weighted by atomic mass is 9.76. The molecule has 138 heavy (non-hydrogen) atoms. The van der Waals surface area contributed by atoms with Gasteiger partial charge in [-0.2, -0.15) is 0 Å². The van der Waals surface area contributed by atoms with Gasteiger partial charge in [0.2, 0.25) is 0 Å². The molecule has 13 heteroatoms. The van der Waals surface area contributed by atoms with E-state index in [1.165, 1.54) is 544 Å². The van der Waals surface area contributed by atoms with Crippen LogP contribution in [0.15, 0.2) is 0 Å². The summed E-state index contributed by atoms with van der Waals surface area (Å²) in [5.41, 5.74) is 2.91. The highest BCUT2D eigenvalue weighted by Crippen LogP contribution is 2.39. The van der Waals surface area contributed by atoms with Crippen molar-refractivity contribution in [1.82, 2.24) is 63.7 Å². The number of nitrogens with zero attached hydrogens (tertiary/aromatic N) is 13. The molecular formula is C125H251N13. The Morgan fingerprint density at radius 3 is 0.725 bits per heavy atom. The highest BCUT2D eigenvalue weighted by atomic mass is 15.3. The second-order valence-corrected chi connectivity index (χ2v) is 55.6. The average Bonchev–Trinajstić information content (AvgIpc) is 0.988. The van der Waals surface area contributed by atoms with Crippen LogP contribution < -0.4 is 0 Å². The van der Waals surface area contributed by atoms with Crippen molar-refractivity contribution in [3.63, 3.8) is 0 Å². The fraction of sp³-hybridized carbons (Fsp3) is 1.00. The van der Waals surface area contributed by atoms with Crippen LogP contribution in [-0.4, -0.2) is 318 Å². The minimum Gasteiger partial charge on any atom is -0.303 e. The molecule has 0 radical (unpaired) electrons. The summed E-state index contributed by atoms with van der Waals surface area (Å²) in [5.74, 6) is 11.2. The van der Waals surface area contributed by atoms with Gasteiger partial charge in [0.25, 0.3) is 0 Å². The fourth-order valence-corrected chi connectivity index (χ4v) is 26.0. The van der Waals surface area contributed by atoms with E-state index in [2.05, 4.69) is 202 Å². The topological polar surface area (TPSA) is 42.1 Å². The summed E-state index contributed by atoms with van der Waals surface area (Å²) in [5, 5.41) is 0. The zero-order chi connectivity index (χ0) is 100. The van der Waals surface area contributed by atoms with Crippen LogP contribution in [0.2, 0.25) is 0 Å². The van der Waals surface area contributed by atoms with E-state index < -0.39 is 0 Å². The van der Waals surface area contributed by atoms with Gasteiger partial charge >= 0.3 is 0 Å². The first-order valence-electron chi connectivity index (χ1n) is 62.4. The molecule has 0 amide bonds. The van der Waals surface area contributed by atoms with Gasteiger partial charge in [-0.1, -0.05) is 287 Å². The van der Waals surface area contributed by atoms with Crippen LogP contribution in [0.3, 0.4) is 0 Å².